The Morgan fingerprint density at radius 3 is 1.87 bits per heavy atom. The summed E-state index contributed by atoms with van der Waals surface area (Å²) >= 11 is 0. The summed E-state index contributed by atoms with van der Waals surface area (Å²) in [5.74, 6) is 0. The highest BCUT2D eigenvalue weighted by molar-refractivity contribution is 6.09. The average molecular weight is 611 g/mol. The van der Waals surface area contributed by atoms with Gasteiger partial charge in [0.2, 0.25) is 0 Å². The van der Waals surface area contributed by atoms with E-state index in [0.29, 0.717) is 11.8 Å². The first-order chi connectivity index (χ1) is 22.1. The number of hydrogen-bond donors (Lipinski definition) is 0. The highest BCUT2D eigenvalue weighted by Gasteiger charge is 2.32. The third-order valence-electron chi connectivity index (χ3n) is 9.36. The van der Waals surface area contributed by atoms with Crippen molar-refractivity contribution in [2.24, 2.45) is 0 Å². The highest BCUT2D eigenvalue weighted by Crippen LogP contribution is 2.40. The number of halogens is 3. The third kappa shape index (κ3) is 4.56. The SMILES string of the molecule is CC(C)(C)c1ccc2c(c1)c1ccccc1n2-c1cccc(-c2cccc(-n3c4c(c5cc(C(F)(F)F)ccc53)CCC=C4)c2)c1. The van der Waals surface area contributed by atoms with E-state index in [1.54, 1.807) is 6.07 Å². The normalized spacial score (nSPS) is 13.6. The van der Waals surface area contributed by atoms with Gasteiger partial charge in [-0.25, -0.2) is 0 Å². The van der Waals surface area contributed by atoms with Gasteiger partial charge in [0.25, 0.3) is 0 Å². The van der Waals surface area contributed by atoms with E-state index in [1.165, 1.54) is 28.5 Å². The van der Waals surface area contributed by atoms with Crippen molar-refractivity contribution in [3.05, 3.63) is 138 Å². The first-order valence-electron chi connectivity index (χ1n) is 15.7. The Labute approximate surface area is 266 Å². The van der Waals surface area contributed by atoms with E-state index in [4.69, 9.17) is 0 Å². The molecule has 7 aromatic rings. The zero-order valence-electron chi connectivity index (χ0n) is 26.0. The summed E-state index contributed by atoms with van der Waals surface area (Å²) in [5, 5.41) is 3.13. The molecule has 0 saturated carbocycles. The molecule has 0 amide bonds. The Morgan fingerprint density at radius 2 is 1.17 bits per heavy atom. The number of allylic oxidation sites excluding steroid dienone is 1. The number of hydrogen-bond acceptors (Lipinski definition) is 0. The van der Waals surface area contributed by atoms with Crippen LogP contribution in [0.3, 0.4) is 0 Å². The first-order valence-corrected chi connectivity index (χ1v) is 15.7. The maximum Gasteiger partial charge on any atom is 0.416 e. The molecule has 0 fully saturated rings. The van der Waals surface area contributed by atoms with Crippen molar-refractivity contribution < 1.29 is 13.2 Å². The molecule has 2 nitrogen and oxygen atoms in total. The van der Waals surface area contributed by atoms with Gasteiger partial charge in [-0.3, -0.25) is 0 Å². The molecule has 5 aromatic carbocycles. The summed E-state index contributed by atoms with van der Waals surface area (Å²) in [6, 6.07) is 36.4. The van der Waals surface area contributed by atoms with Gasteiger partial charge in [0.05, 0.1) is 22.1 Å². The van der Waals surface area contributed by atoms with Crippen molar-refractivity contribution in [1.82, 2.24) is 9.13 Å². The fourth-order valence-electron chi connectivity index (χ4n) is 7.06. The van der Waals surface area contributed by atoms with E-state index in [1.807, 2.05) is 18.2 Å². The fourth-order valence-corrected chi connectivity index (χ4v) is 7.06. The van der Waals surface area contributed by atoms with Crippen LogP contribution in [-0.2, 0) is 18.0 Å². The van der Waals surface area contributed by atoms with Gasteiger partial charge >= 0.3 is 6.18 Å². The van der Waals surface area contributed by atoms with E-state index in [9.17, 15) is 13.2 Å². The first kappa shape index (κ1) is 28.4. The fraction of sp³-hybridized carbons (Fsp3) is 0.171. The van der Waals surface area contributed by atoms with E-state index in [-0.39, 0.29) is 5.41 Å². The molecule has 8 rings (SSSR count). The molecule has 1 aliphatic rings. The quantitative estimate of drug-likeness (QED) is 0.188. The van der Waals surface area contributed by atoms with Gasteiger partial charge < -0.3 is 9.13 Å². The van der Waals surface area contributed by atoms with Gasteiger partial charge in [-0.2, -0.15) is 13.2 Å². The van der Waals surface area contributed by atoms with Crippen molar-refractivity contribution in [2.45, 2.75) is 45.2 Å². The van der Waals surface area contributed by atoms with E-state index in [0.717, 1.165) is 56.7 Å². The molecule has 0 bridgehead atoms. The Kier molecular flexibility index (Phi) is 6.34. The molecule has 2 heterocycles. The summed E-state index contributed by atoms with van der Waals surface area (Å²) in [6.45, 7) is 6.73. The highest BCUT2D eigenvalue weighted by atomic mass is 19.4. The lowest BCUT2D eigenvalue weighted by Gasteiger charge is -2.19. The van der Waals surface area contributed by atoms with Gasteiger partial charge in [-0.15, -0.1) is 0 Å². The van der Waals surface area contributed by atoms with Crippen molar-refractivity contribution in [3.63, 3.8) is 0 Å². The van der Waals surface area contributed by atoms with Crippen LogP contribution < -0.4 is 0 Å². The van der Waals surface area contributed by atoms with Gasteiger partial charge in [0, 0.05) is 33.2 Å². The summed E-state index contributed by atoms with van der Waals surface area (Å²) in [7, 11) is 0. The lowest BCUT2D eigenvalue weighted by Crippen LogP contribution is -2.10. The molecule has 2 aromatic heterocycles. The molecule has 0 aliphatic heterocycles. The Balaban J connectivity index is 1.27. The van der Waals surface area contributed by atoms with Crippen LogP contribution in [0.4, 0.5) is 13.2 Å². The van der Waals surface area contributed by atoms with E-state index >= 15 is 0 Å². The third-order valence-corrected chi connectivity index (χ3v) is 9.36. The summed E-state index contributed by atoms with van der Waals surface area (Å²) in [6.07, 6.45) is 1.30. The van der Waals surface area contributed by atoms with E-state index < -0.39 is 11.7 Å². The van der Waals surface area contributed by atoms with Gasteiger partial charge in [0.15, 0.2) is 0 Å². The van der Waals surface area contributed by atoms with Gasteiger partial charge in [-0.1, -0.05) is 75.4 Å². The van der Waals surface area contributed by atoms with Gasteiger partial charge in [0.1, 0.15) is 0 Å². The largest absolute Gasteiger partial charge is 0.416 e. The van der Waals surface area contributed by atoms with Crippen LogP contribution in [-0.4, -0.2) is 9.13 Å². The van der Waals surface area contributed by atoms with Crippen molar-refractivity contribution >= 4 is 38.8 Å². The molecule has 0 saturated heterocycles. The maximum absolute atomic E-state index is 13.7. The second kappa shape index (κ2) is 10.2. The predicted octanol–water partition coefficient (Wildman–Crippen LogP) is 11.7. The monoisotopic (exact) mass is 610 g/mol. The number of aryl methyl sites for hydroxylation is 1. The lowest BCUT2D eigenvalue weighted by atomic mass is 9.86. The lowest BCUT2D eigenvalue weighted by molar-refractivity contribution is -0.137. The molecule has 0 atom stereocenters. The number of alkyl halides is 3. The van der Waals surface area contributed by atoms with Crippen LogP contribution in [0.5, 0.6) is 0 Å². The Bertz CT molecular complexity index is 2340. The van der Waals surface area contributed by atoms with Crippen LogP contribution in [0.15, 0.2) is 115 Å². The minimum atomic E-state index is -4.39. The topological polar surface area (TPSA) is 9.86 Å². The summed E-state index contributed by atoms with van der Waals surface area (Å²) in [4.78, 5) is 0. The van der Waals surface area contributed by atoms with Crippen molar-refractivity contribution in [3.8, 4) is 22.5 Å². The van der Waals surface area contributed by atoms with Crippen LogP contribution in [0, 0.1) is 0 Å². The number of aromatic nitrogens is 2. The van der Waals surface area contributed by atoms with Gasteiger partial charge in [-0.05, 0) is 107 Å². The smallest absolute Gasteiger partial charge is 0.310 e. The Morgan fingerprint density at radius 1 is 0.565 bits per heavy atom. The average Bonchev–Trinajstić information content (AvgIpc) is 3.56. The standard InChI is InChI=1S/C41H33F3N2/c1-40(2,3)28-18-20-38-34(24-28)32-14-4-6-16-36(32)45(38)30-12-8-10-26(22-30)27-11-9-13-31(23-27)46-37-17-7-5-15-33(37)35-25-29(41(42,43)44)19-21-39(35)46/h4,6-14,16-25H,5,15H2,1-3H3. The van der Waals surface area contributed by atoms with E-state index in [2.05, 4.69) is 115 Å². The number of benzene rings is 5. The number of nitrogens with zero attached hydrogens (tertiary/aromatic N) is 2. The van der Waals surface area contributed by atoms with Crippen LogP contribution >= 0.6 is 0 Å². The zero-order chi connectivity index (χ0) is 31.8. The van der Waals surface area contributed by atoms with Crippen molar-refractivity contribution in [1.29, 1.82) is 0 Å². The molecule has 228 valence electrons. The number of para-hydroxylation sites is 1. The molecule has 0 unspecified atom stereocenters. The van der Waals surface area contributed by atoms with Crippen LogP contribution in [0.25, 0.3) is 61.3 Å². The Hall–Kier alpha value is -5.03. The second-order valence-electron chi connectivity index (χ2n) is 13.3. The maximum atomic E-state index is 13.7. The number of fused-ring (bicyclic) bond motifs is 6. The second-order valence-corrected chi connectivity index (χ2v) is 13.3. The molecule has 46 heavy (non-hydrogen) atoms. The molecule has 5 heteroatoms. The molecular weight excluding hydrogens is 577 g/mol. The predicted molar refractivity (Wildman–Crippen MR) is 184 cm³/mol. The van der Waals surface area contributed by atoms with Crippen LogP contribution in [0.2, 0.25) is 0 Å². The molecule has 0 spiro atoms. The summed E-state index contributed by atoms with van der Waals surface area (Å²) < 4.78 is 45.4. The number of rotatable bonds is 3. The van der Waals surface area contributed by atoms with Crippen molar-refractivity contribution in [2.75, 3.05) is 0 Å². The molecular formula is C41H33F3N2. The minimum Gasteiger partial charge on any atom is -0.310 e. The molecule has 0 N–H and O–H groups in total. The summed E-state index contributed by atoms with van der Waals surface area (Å²) in [5.41, 5.74) is 9.87. The van der Waals surface area contributed by atoms with Crippen LogP contribution in [0.1, 0.15) is 49.6 Å². The zero-order valence-corrected chi connectivity index (χ0v) is 26.0. The minimum absolute atomic E-state index is 0.0447. The molecule has 1 aliphatic carbocycles. The molecule has 0 radical (unpaired) electrons.